The number of hydrogen-bond donors (Lipinski definition) is 1. The molecule has 1 saturated heterocycles. The molecular formula is C19H30O5. The predicted octanol–water partition coefficient (Wildman–Crippen LogP) is 3.00. The second-order valence-electron chi connectivity index (χ2n) is 7.96. The Labute approximate surface area is 144 Å². The number of ether oxygens (including phenoxy) is 2. The van der Waals surface area contributed by atoms with Gasteiger partial charge in [0.25, 0.3) is 0 Å². The first-order valence-corrected chi connectivity index (χ1v) is 8.94. The molecule has 0 aromatic carbocycles. The number of carbonyl (C=O) groups excluding carboxylic acids is 2. The molecule has 2 aliphatic rings. The number of ketones is 1. The summed E-state index contributed by atoms with van der Waals surface area (Å²) in [5.41, 5.74) is -0.696. The number of cyclic esters (lactones) is 1. The van der Waals surface area contributed by atoms with Gasteiger partial charge in [-0.3, -0.25) is 4.79 Å². The first-order valence-electron chi connectivity index (χ1n) is 8.94. The number of epoxide rings is 1. The molecule has 2 aliphatic heterocycles. The zero-order chi connectivity index (χ0) is 18.0. The maximum absolute atomic E-state index is 12.7. The van der Waals surface area contributed by atoms with Gasteiger partial charge in [0, 0.05) is 23.8 Å². The van der Waals surface area contributed by atoms with E-state index in [-0.39, 0.29) is 30.8 Å². The number of allylic oxidation sites excluding steroid dienone is 1. The van der Waals surface area contributed by atoms with Crippen LogP contribution in [0.3, 0.4) is 0 Å². The molecule has 0 spiro atoms. The maximum atomic E-state index is 12.7. The van der Waals surface area contributed by atoms with Crippen molar-refractivity contribution in [1.29, 1.82) is 0 Å². The highest BCUT2D eigenvalue weighted by atomic mass is 16.7. The minimum atomic E-state index is -1.13. The van der Waals surface area contributed by atoms with Crippen molar-refractivity contribution < 1.29 is 24.2 Å². The second kappa shape index (κ2) is 7.36. The molecule has 1 N–H and O–H groups in total. The molecule has 136 valence electrons. The summed E-state index contributed by atoms with van der Waals surface area (Å²) in [5, 5.41) is 10.2. The highest BCUT2D eigenvalue weighted by Gasteiger charge is 2.54. The third kappa shape index (κ3) is 4.90. The molecule has 5 heteroatoms. The van der Waals surface area contributed by atoms with Gasteiger partial charge in [-0.15, -0.1) is 0 Å². The van der Waals surface area contributed by atoms with Gasteiger partial charge in [-0.25, -0.2) is 4.79 Å². The van der Waals surface area contributed by atoms with E-state index in [1.807, 2.05) is 20.8 Å². The maximum Gasteiger partial charge on any atom is 0.330 e. The Hall–Kier alpha value is -1.20. The molecule has 0 bridgehead atoms. The van der Waals surface area contributed by atoms with Gasteiger partial charge in [0.1, 0.15) is 11.9 Å². The van der Waals surface area contributed by atoms with Gasteiger partial charge in [0.05, 0.1) is 6.61 Å². The van der Waals surface area contributed by atoms with Gasteiger partial charge in [-0.05, 0) is 32.6 Å². The van der Waals surface area contributed by atoms with Crippen LogP contribution in [-0.4, -0.2) is 35.4 Å². The van der Waals surface area contributed by atoms with Crippen LogP contribution >= 0.6 is 0 Å². The van der Waals surface area contributed by atoms with Crippen molar-refractivity contribution in [2.75, 3.05) is 6.61 Å². The highest BCUT2D eigenvalue weighted by molar-refractivity contribution is 5.90. The van der Waals surface area contributed by atoms with Crippen molar-refractivity contribution >= 4 is 11.8 Å². The summed E-state index contributed by atoms with van der Waals surface area (Å²) in [5.74, 6) is -1.10. The van der Waals surface area contributed by atoms with Crippen LogP contribution in [0, 0.1) is 17.3 Å². The van der Waals surface area contributed by atoms with Crippen molar-refractivity contribution in [1.82, 2.24) is 0 Å². The Morgan fingerprint density at radius 2 is 1.92 bits per heavy atom. The normalized spacial score (nSPS) is 39.6. The van der Waals surface area contributed by atoms with E-state index in [0.717, 1.165) is 25.7 Å². The Balaban J connectivity index is 2.06. The van der Waals surface area contributed by atoms with Crippen LogP contribution in [0.15, 0.2) is 12.2 Å². The fourth-order valence-corrected chi connectivity index (χ4v) is 3.54. The summed E-state index contributed by atoms with van der Waals surface area (Å²) < 4.78 is 10.5. The smallest absolute Gasteiger partial charge is 0.330 e. The van der Waals surface area contributed by atoms with Crippen molar-refractivity contribution in [3.05, 3.63) is 12.2 Å². The van der Waals surface area contributed by atoms with E-state index in [4.69, 9.17) is 9.47 Å². The topological polar surface area (TPSA) is 76.1 Å². The lowest BCUT2D eigenvalue weighted by molar-refractivity contribution is -0.139. The van der Waals surface area contributed by atoms with Gasteiger partial charge in [-0.2, -0.15) is 0 Å². The standard InChI is InChI=1S/C19H30O5/c1-13-6-5-7-15-19(22,24-15)10-11-23-16(20)8-9-18(3,4)17(21)14(2)12-13/h8-9,13-15,22H,5-7,10-12H2,1-4H3/b9-8-. The van der Waals surface area contributed by atoms with Crippen LogP contribution in [0.1, 0.15) is 59.8 Å². The molecule has 2 rings (SSSR count). The summed E-state index contributed by atoms with van der Waals surface area (Å²) in [6.07, 6.45) is 6.65. The summed E-state index contributed by atoms with van der Waals surface area (Å²) in [6, 6.07) is 0. The SMILES string of the molecule is CC1CCCC2OC2(O)CCOC(=O)/C=C\C(C)(C)C(=O)C(C)C1. The number of esters is 1. The van der Waals surface area contributed by atoms with Crippen LogP contribution in [-0.2, 0) is 19.1 Å². The second-order valence-corrected chi connectivity index (χ2v) is 7.96. The summed E-state index contributed by atoms with van der Waals surface area (Å²) >= 11 is 0. The van der Waals surface area contributed by atoms with Crippen LogP contribution < -0.4 is 0 Å². The molecule has 4 atom stereocenters. The molecule has 0 radical (unpaired) electrons. The fraction of sp³-hybridized carbons (Fsp3) is 0.789. The van der Waals surface area contributed by atoms with Crippen molar-refractivity contribution in [3.8, 4) is 0 Å². The van der Waals surface area contributed by atoms with Gasteiger partial charge < -0.3 is 14.6 Å². The Morgan fingerprint density at radius 1 is 1.21 bits per heavy atom. The quantitative estimate of drug-likeness (QED) is 0.543. The van der Waals surface area contributed by atoms with Crippen LogP contribution in [0.4, 0.5) is 0 Å². The van der Waals surface area contributed by atoms with E-state index < -0.39 is 17.2 Å². The van der Waals surface area contributed by atoms with Crippen LogP contribution in [0.2, 0.25) is 0 Å². The molecular weight excluding hydrogens is 308 g/mol. The molecule has 0 amide bonds. The minimum Gasteiger partial charge on any atom is -0.462 e. The number of Topliss-reactive ketones (excluding diaryl/α,β-unsaturated/α-hetero) is 1. The molecule has 1 fully saturated rings. The van der Waals surface area contributed by atoms with E-state index in [0.29, 0.717) is 5.92 Å². The van der Waals surface area contributed by atoms with Crippen molar-refractivity contribution in [2.45, 2.75) is 71.7 Å². The zero-order valence-electron chi connectivity index (χ0n) is 15.2. The lowest BCUT2D eigenvalue weighted by Crippen LogP contribution is -2.29. The third-order valence-electron chi connectivity index (χ3n) is 5.13. The summed E-state index contributed by atoms with van der Waals surface area (Å²) in [7, 11) is 0. The largest absolute Gasteiger partial charge is 0.462 e. The Kier molecular flexibility index (Phi) is 5.87. The zero-order valence-corrected chi connectivity index (χ0v) is 15.2. The number of rotatable bonds is 0. The van der Waals surface area contributed by atoms with Gasteiger partial charge in [-0.1, -0.05) is 32.8 Å². The van der Waals surface area contributed by atoms with Gasteiger partial charge in [0.15, 0.2) is 5.79 Å². The van der Waals surface area contributed by atoms with Gasteiger partial charge >= 0.3 is 5.97 Å². The number of carbonyl (C=O) groups is 2. The lowest BCUT2D eigenvalue weighted by Gasteiger charge is -2.25. The predicted molar refractivity (Wildman–Crippen MR) is 90.1 cm³/mol. The Morgan fingerprint density at radius 3 is 2.62 bits per heavy atom. The molecule has 24 heavy (non-hydrogen) atoms. The van der Waals surface area contributed by atoms with E-state index in [2.05, 4.69) is 6.92 Å². The number of hydrogen-bond acceptors (Lipinski definition) is 5. The van der Waals surface area contributed by atoms with Crippen molar-refractivity contribution in [3.63, 3.8) is 0 Å². The van der Waals surface area contributed by atoms with E-state index in [1.54, 1.807) is 6.08 Å². The highest BCUT2D eigenvalue weighted by Crippen LogP contribution is 2.40. The monoisotopic (exact) mass is 338 g/mol. The number of aliphatic hydroxyl groups is 1. The van der Waals surface area contributed by atoms with Crippen molar-refractivity contribution in [2.24, 2.45) is 17.3 Å². The van der Waals surface area contributed by atoms with Crippen LogP contribution in [0.5, 0.6) is 0 Å². The molecule has 2 heterocycles. The number of fused-ring (bicyclic) bond motifs is 1. The average molecular weight is 338 g/mol. The molecule has 4 unspecified atom stereocenters. The Bertz CT molecular complexity index is 510. The first kappa shape index (κ1) is 19.1. The molecule has 0 aliphatic carbocycles. The minimum absolute atomic E-state index is 0.0577. The van der Waals surface area contributed by atoms with E-state index in [9.17, 15) is 14.7 Å². The van der Waals surface area contributed by atoms with Crippen LogP contribution in [0.25, 0.3) is 0 Å². The summed E-state index contributed by atoms with van der Waals surface area (Å²) in [6.45, 7) is 7.88. The molecule has 0 aromatic heterocycles. The van der Waals surface area contributed by atoms with Gasteiger partial charge in [0.2, 0.25) is 0 Å². The lowest BCUT2D eigenvalue weighted by atomic mass is 9.78. The van der Waals surface area contributed by atoms with E-state index in [1.165, 1.54) is 6.08 Å². The fourth-order valence-electron chi connectivity index (χ4n) is 3.54. The average Bonchev–Trinajstić information content (AvgIpc) is 3.13. The third-order valence-corrected chi connectivity index (χ3v) is 5.13. The summed E-state index contributed by atoms with van der Waals surface area (Å²) in [4.78, 5) is 24.4. The van der Waals surface area contributed by atoms with E-state index >= 15 is 0 Å². The first-order chi connectivity index (χ1) is 11.1. The molecule has 5 nitrogen and oxygen atoms in total. The molecule has 0 saturated carbocycles. The molecule has 0 aromatic rings.